The molecule has 2 heterocycles. The molecule has 6 heteroatoms. The molecule has 0 N–H and O–H groups in total. The third kappa shape index (κ3) is 5.09. The number of halogens is 1. The number of anilines is 1. The molecular weight excluding hydrogens is 388 g/mol. The van der Waals surface area contributed by atoms with Gasteiger partial charge in [0.25, 0.3) is 0 Å². The zero-order chi connectivity index (χ0) is 20.1. The Labute approximate surface area is 178 Å². The Kier molecular flexibility index (Phi) is 6.67. The van der Waals surface area contributed by atoms with E-state index in [1.165, 1.54) is 5.56 Å². The number of hydrogen-bond acceptors (Lipinski definition) is 5. The van der Waals surface area contributed by atoms with Crippen LogP contribution in [0.4, 0.5) is 5.69 Å². The second-order valence-electron chi connectivity index (χ2n) is 7.62. The van der Waals surface area contributed by atoms with Crippen LogP contribution in [-0.4, -0.2) is 57.4 Å². The number of ether oxygens (including phenoxy) is 3. The SMILES string of the molecule is Cc1ccc(Cl)c(OCCCCN2CCN(c3cccc4c3OCCO4)CC2)c1. The van der Waals surface area contributed by atoms with E-state index >= 15 is 0 Å². The number of rotatable bonds is 7. The summed E-state index contributed by atoms with van der Waals surface area (Å²) in [4.78, 5) is 4.94. The molecule has 0 saturated carbocycles. The zero-order valence-corrected chi connectivity index (χ0v) is 17.8. The second kappa shape index (κ2) is 9.59. The topological polar surface area (TPSA) is 34.2 Å². The highest BCUT2D eigenvalue weighted by molar-refractivity contribution is 6.32. The van der Waals surface area contributed by atoms with Crippen LogP contribution in [0.25, 0.3) is 0 Å². The molecule has 0 amide bonds. The van der Waals surface area contributed by atoms with Gasteiger partial charge in [-0.25, -0.2) is 0 Å². The molecule has 0 bridgehead atoms. The van der Waals surface area contributed by atoms with Crippen LogP contribution < -0.4 is 19.1 Å². The second-order valence-corrected chi connectivity index (χ2v) is 8.03. The maximum absolute atomic E-state index is 6.18. The number of aryl methyl sites for hydroxylation is 1. The Bertz CT molecular complexity index is 822. The van der Waals surface area contributed by atoms with Crippen molar-refractivity contribution in [3.63, 3.8) is 0 Å². The summed E-state index contributed by atoms with van der Waals surface area (Å²) in [5.74, 6) is 2.56. The first-order valence-electron chi connectivity index (χ1n) is 10.5. The summed E-state index contributed by atoms with van der Waals surface area (Å²) in [6.07, 6.45) is 2.16. The summed E-state index contributed by atoms with van der Waals surface area (Å²) in [5.41, 5.74) is 2.32. The van der Waals surface area contributed by atoms with Crippen molar-refractivity contribution in [3.8, 4) is 17.2 Å². The molecule has 0 radical (unpaired) electrons. The molecule has 5 nitrogen and oxygen atoms in total. The number of para-hydroxylation sites is 1. The van der Waals surface area contributed by atoms with Crippen molar-refractivity contribution in [1.29, 1.82) is 0 Å². The summed E-state index contributed by atoms with van der Waals surface area (Å²) in [6.45, 7) is 9.26. The van der Waals surface area contributed by atoms with Gasteiger partial charge in [-0.2, -0.15) is 0 Å². The fraction of sp³-hybridized carbons (Fsp3) is 0.478. The molecule has 29 heavy (non-hydrogen) atoms. The first kappa shape index (κ1) is 20.2. The van der Waals surface area contributed by atoms with Crippen molar-refractivity contribution in [2.45, 2.75) is 19.8 Å². The minimum Gasteiger partial charge on any atom is -0.492 e. The maximum Gasteiger partial charge on any atom is 0.184 e. The molecule has 0 aliphatic carbocycles. The minimum absolute atomic E-state index is 0.625. The van der Waals surface area contributed by atoms with Gasteiger partial charge in [-0.1, -0.05) is 23.7 Å². The van der Waals surface area contributed by atoms with E-state index in [0.29, 0.717) is 24.8 Å². The summed E-state index contributed by atoms with van der Waals surface area (Å²) in [6, 6.07) is 12.1. The van der Waals surface area contributed by atoms with Crippen LogP contribution in [-0.2, 0) is 0 Å². The molecule has 156 valence electrons. The Balaban J connectivity index is 1.19. The number of piperazine rings is 1. The van der Waals surface area contributed by atoms with Crippen molar-refractivity contribution in [1.82, 2.24) is 4.90 Å². The third-order valence-corrected chi connectivity index (χ3v) is 5.78. The summed E-state index contributed by atoms with van der Waals surface area (Å²) in [5, 5.41) is 0.684. The van der Waals surface area contributed by atoms with Gasteiger partial charge in [0.1, 0.15) is 19.0 Å². The highest BCUT2D eigenvalue weighted by Crippen LogP contribution is 2.39. The molecule has 0 unspecified atom stereocenters. The van der Waals surface area contributed by atoms with Gasteiger partial charge in [-0.3, -0.25) is 4.90 Å². The molecule has 1 saturated heterocycles. The Morgan fingerprint density at radius 1 is 1.00 bits per heavy atom. The summed E-state index contributed by atoms with van der Waals surface area (Å²) in [7, 11) is 0. The molecule has 2 aliphatic rings. The fourth-order valence-corrected chi connectivity index (χ4v) is 4.03. The summed E-state index contributed by atoms with van der Waals surface area (Å²) >= 11 is 6.18. The molecule has 0 atom stereocenters. The predicted molar refractivity (Wildman–Crippen MR) is 117 cm³/mol. The van der Waals surface area contributed by atoms with Gasteiger partial charge in [-0.05, 0) is 56.1 Å². The third-order valence-electron chi connectivity index (χ3n) is 5.47. The minimum atomic E-state index is 0.625. The first-order chi connectivity index (χ1) is 14.2. The monoisotopic (exact) mass is 416 g/mol. The lowest BCUT2D eigenvalue weighted by molar-refractivity contribution is 0.171. The summed E-state index contributed by atoms with van der Waals surface area (Å²) < 4.78 is 17.4. The average molecular weight is 417 g/mol. The molecule has 2 aromatic rings. The van der Waals surface area contributed by atoms with Crippen LogP contribution in [0.15, 0.2) is 36.4 Å². The highest BCUT2D eigenvalue weighted by Gasteiger charge is 2.23. The first-order valence-corrected chi connectivity index (χ1v) is 10.8. The molecule has 0 aromatic heterocycles. The van der Waals surface area contributed by atoms with Gasteiger partial charge < -0.3 is 19.1 Å². The average Bonchev–Trinajstić information content (AvgIpc) is 2.76. The van der Waals surface area contributed by atoms with Crippen LogP contribution in [0.5, 0.6) is 17.2 Å². The number of unbranched alkanes of at least 4 members (excludes halogenated alkanes) is 1. The van der Waals surface area contributed by atoms with Crippen LogP contribution in [0.3, 0.4) is 0 Å². The van der Waals surface area contributed by atoms with Gasteiger partial charge in [0.15, 0.2) is 11.5 Å². The molecule has 2 aromatic carbocycles. The number of nitrogens with zero attached hydrogens (tertiary/aromatic N) is 2. The normalized spacial score (nSPS) is 16.7. The van der Waals surface area contributed by atoms with Crippen molar-refractivity contribution in [3.05, 3.63) is 47.0 Å². The van der Waals surface area contributed by atoms with Gasteiger partial charge in [0, 0.05) is 26.2 Å². The lowest BCUT2D eigenvalue weighted by Crippen LogP contribution is -2.46. The molecule has 4 rings (SSSR count). The molecule has 1 fully saturated rings. The van der Waals surface area contributed by atoms with E-state index in [-0.39, 0.29) is 0 Å². The van der Waals surface area contributed by atoms with Gasteiger partial charge in [0.2, 0.25) is 0 Å². The predicted octanol–water partition coefficient (Wildman–Crippen LogP) is 4.40. The standard InChI is InChI=1S/C23H29ClN2O3/c1-18-7-8-19(24)22(17-18)27-14-3-2-9-25-10-12-26(13-11-25)20-5-4-6-21-23(20)29-16-15-28-21/h4-8,17H,2-3,9-16H2,1H3. The number of fused-ring (bicyclic) bond motifs is 1. The van der Waals surface area contributed by atoms with E-state index < -0.39 is 0 Å². The Morgan fingerprint density at radius 2 is 1.83 bits per heavy atom. The smallest absolute Gasteiger partial charge is 0.184 e. The maximum atomic E-state index is 6.18. The van der Waals surface area contributed by atoms with E-state index in [2.05, 4.69) is 21.9 Å². The molecule has 0 spiro atoms. The van der Waals surface area contributed by atoms with Crippen LogP contribution in [0.2, 0.25) is 5.02 Å². The van der Waals surface area contributed by atoms with Crippen molar-refractivity contribution in [2.75, 3.05) is 57.4 Å². The van der Waals surface area contributed by atoms with E-state index in [9.17, 15) is 0 Å². The van der Waals surface area contributed by atoms with Crippen LogP contribution in [0, 0.1) is 6.92 Å². The van der Waals surface area contributed by atoms with Crippen molar-refractivity contribution >= 4 is 17.3 Å². The van der Waals surface area contributed by atoms with E-state index in [1.807, 2.05) is 31.2 Å². The Hall–Kier alpha value is -2.11. The lowest BCUT2D eigenvalue weighted by Gasteiger charge is -2.37. The van der Waals surface area contributed by atoms with Crippen molar-refractivity contribution in [2.24, 2.45) is 0 Å². The van der Waals surface area contributed by atoms with E-state index in [0.717, 1.165) is 68.5 Å². The van der Waals surface area contributed by atoms with Crippen molar-refractivity contribution < 1.29 is 14.2 Å². The number of hydrogen-bond donors (Lipinski definition) is 0. The quantitative estimate of drug-likeness (QED) is 0.625. The van der Waals surface area contributed by atoms with Gasteiger partial charge in [0.05, 0.1) is 17.3 Å². The van der Waals surface area contributed by atoms with E-state index in [1.54, 1.807) is 0 Å². The van der Waals surface area contributed by atoms with Crippen LogP contribution in [0.1, 0.15) is 18.4 Å². The highest BCUT2D eigenvalue weighted by atomic mass is 35.5. The fourth-order valence-electron chi connectivity index (χ4n) is 3.86. The van der Waals surface area contributed by atoms with E-state index in [4.69, 9.17) is 25.8 Å². The molecule has 2 aliphatic heterocycles. The van der Waals surface area contributed by atoms with Crippen LogP contribution >= 0.6 is 11.6 Å². The molecular formula is C23H29ClN2O3. The lowest BCUT2D eigenvalue weighted by atomic mass is 10.2. The number of benzene rings is 2. The van der Waals surface area contributed by atoms with Gasteiger partial charge in [-0.15, -0.1) is 0 Å². The zero-order valence-electron chi connectivity index (χ0n) is 17.0. The Morgan fingerprint density at radius 3 is 2.69 bits per heavy atom. The van der Waals surface area contributed by atoms with Gasteiger partial charge >= 0.3 is 0 Å². The largest absolute Gasteiger partial charge is 0.492 e.